The van der Waals surface area contributed by atoms with Crippen LogP contribution in [0.2, 0.25) is 0 Å². The first-order chi connectivity index (χ1) is 14.1. The van der Waals surface area contributed by atoms with Crippen LogP contribution in [0.15, 0.2) is 23.3 Å². The maximum atomic E-state index is 12.7. The molecule has 0 radical (unpaired) electrons. The molecule has 1 aromatic heterocycles. The number of likely N-dealkylation sites (tertiary alicyclic amines) is 1. The van der Waals surface area contributed by atoms with Crippen molar-refractivity contribution in [3.05, 3.63) is 29.6 Å². The van der Waals surface area contributed by atoms with Crippen LogP contribution in [0.25, 0.3) is 0 Å². The van der Waals surface area contributed by atoms with E-state index in [1.165, 1.54) is 5.56 Å². The fourth-order valence-corrected chi connectivity index (χ4v) is 4.04. The van der Waals surface area contributed by atoms with Gasteiger partial charge in [-0.25, -0.2) is 0 Å². The Balaban J connectivity index is 1.50. The predicted octanol–water partition coefficient (Wildman–Crippen LogP) is 1.53. The minimum absolute atomic E-state index is 0.0242. The van der Waals surface area contributed by atoms with Crippen molar-refractivity contribution in [1.29, 1.82) is 0 Å². The Kier molecular flexibility index (Phi) is 7.86. The van der Waals surface area contributed by atoms with E-state index in [-0.39, 0.29) is 6.04 Å². The number of aryl methyl sites for hydroxylation is 1. The molecule has 29 heavy (non-hydrogen) atoms. The molecule has 7 nitrogen and oxygen atoms in total. The summed E-state index contributed by atoms with van der Waals surface area (Å²) in [6.45, 7) is 13.2. The molecule has 3 rings (SSSR count). The minimum Gasteiger partial charge on any atom is -0.357 e. The van der Waals surface area contributed by atoms with Gasteiger partial charge in [0, 0.05) is 64.2 Å². The molecule has 0 spiro atoms. The number of aliphatic imine (C=N–C) groups is 1. The van der Waals surface area contributed by atoms with E-state index in [1.807, 2.05) is 24.1 Å². The van der Waals surface area contributed by atoms with E-state index < -0.39 is 0 Å². The topological polar surface area (TPSA) is 64.1 Å². The molecule has 2 aliphatic heterocycles. The largest absolute Gasteiger partial charge is 0.357 e. The molecule has 1 unspecified atom stereocenters. The third-order valence-corrected chi connectivity index (χ3v) is 5.91. The van der Waals surface area contributed by atoms with Gasteiger partial charge in [-0.3, -0.25) is 19.7 Å². The number of guanidine groups is 1. The van der Waals surface area contributed by atoms with Crippen LogP contribution >= 0.6 is 0 Å². The Morgan fingerprint density at radius 3 is 2.48 bits per heavy atom. The first-order valence-electron chi connectivity index (χ1n) is 11.1. The van der Waals surface area contributed by atoms with E-state index in [9.17, 15) is 4.79 Å². The fourth-order valence-electron chi connectivity index (χ4n) is 4.04. The summed E-state index contributed by atoms with van der Waals surface area (Å²) in [5, 5.41) is 3.43. The van der Waals surface area contributed by atoms with Gasteiger partial charge in [-0.05, 0) is 51.7 Å². The van der Waals surface area contributed by atoms with Crippen molar-refractivity contribution >= 4 is 11.9 Å². The van der Waals surface area contributed by atoms with Crippen LogP contribution in [0.5, 0.6) is 0 Å². The molecule has 7 heteroatoms. The number of hydrogen-bond acceptors (Lipinski definition) is 4. The van der Waals surface area contributed by atoms with Gasteiger partial charge in [0.25, 0.3) is 0 Å². The van der Waals surface area contributed by atoms with Gasteiger partial charge in [0.15, 0.2) is 5.96 Å². The number of carbonyl (C=O) groups is 1. The zero-order valence-corrected chi connectivity index (χ0v) is 18.2. The lowest BCUT2D eigenvalue weighted by molar-refractivity contribution is -0.135. The maximum Gasteiger partial charge on any atom is 0.239 e. The van der Waals surface area contributed by atoms with Crippen LogP contribution in [0.4, 0.5) is 0 Å². The number of carbonyl (C=O) groups excluding carboxylic acids is 1. The molecule has 1 atom stereocenters. The second kappa shape index (κ2) is 10.6. The van der Waals surface area contributed by atoms with Gasteiger partial charge >= 0.3 is 0 Å². The highest BCUT2D eigenvalue weighted by molar-refractivity contribution is 5.82. The molecule has 1 aromatic rings. The van der Waals surface area contributed by atoms with E-state index >= 15 is 0 Å². The standard InChI is InChI=1S/C22H36N6O/c1-4-23-22(24-10-9-20-8-7-18(2)25-17-20)28-15-13-26(14-16-28)19(3)21(29)27-11-5-6-12-27/h7-8,17,19H,4-6,9-16H2,1-3H3,(H,23,24). The summed E-state index contributed by atoms with van der Waals surface area (Å²) in [7, 11) is 0. The van der Waals surface area contributed by atoms with E-state index in [0.717, 1.165) is 83.3 Å². The SMILES string of the molecule is CCNC(=NCCc1ccc(C)nc1)N1CCN(C(C)C(=O)N2CCCC2)CC1. The summed E-state index contributed by atoms with van der Waals surface area (Å²) in [4.78, 5) is 28.5. The maximum absolute atomic E-state index is 12.7. The average molecular weight is 401 g/mol. The molecule has 1 N–H and O–H groups in total. The van der Waals surface area contributed by atoms with Crippen molar-refractivity contribution in [2.75, 3.05) is 52.4 Å². The predicted molar refractivity (Wildman–Crippen MR) is 117 cm³/mol. The molecular formula is C22H36N6O. The molecule has 1 amide bonds. The van der Waals surface area contributed by atoms with Gasteiger partial charge in [-0.2, -0.15) is 0 Å². The normalized spacial score (nSPS) is 19.5. The Morgan fingerprint density at radius 1 is 1.14 bits per heavy atom. The molecule has 0 bridgehead atoms. The Labute approximate surface area is 175 Å². The highest BCUT2D eigenvalue weighted by Crippen LogP contribution is 2.14. The van der Waals surface area contributed by atoms with E-state index in [2.05, 4.69) is 40.0 Å². The van der Waals surface area contributed by atoms with Crippen LogP contribution in [0.3, 0.4) is 0 Å². The Bertz CT molecular complexity index is 675. The summed E-state index contributed by atoms with van der Waals surface area (Å²) in [6, 6.07) is 4.15. The highest BCUT2D eigenvalue weighted by atomic mass is 16.2. The Hall–Kier alpha value is -2.15. The molecule has 0 aliphatic carbocycles. The summed E-state index contributed by atoms with van der Waals surface area (Å²) in [6.07, 6.45) is 5.12. The number of hydrogen-bond donors (Lipinski definition) is 1. The van der Waals surface area contributed by atoms with Crippen LogP contribution < -0.4 is 5.32 Å². The lowest BCUT2D eigenvalue weighted by Crippen LogP contribution is -2.57. The molecule has 2 fully saturated rings. The number of nitrogens with one attached hydrogen (secondary N) is 1. The highest BCUT2D eigenvalue weighted by Gasteiger charge is 2.30. The van der Waals surface area contributed by atoms with E-state index in [0.29, 0.717) is 5.91 Å². The molecule has 160 valence electrons. The fraction of sp³-hybridized carbons (Fsp3) is 0.682. The zero-order chi connectivity index (χ0) is 20.6. The average Bonchev–Trinajstić information content (AvgIpc) is 3.28. The lowest BCUT2D eigenvalue weighted by atomic mass is 10.2. The first-order valence-corrected chi connectivity index (χ1v) is 11.1. The summed E-state index contributed by atoms with van der Waals surface area (Å²) in [5.41, 5.74) is 2.26. The Morgan fingerprint density at radius 2 is 1.86 bits per heavy atom. The zero-order valence-electron chi connectivity index (χ0n) is 18.2. The summed E-state index contributed by atoms with van der Waals surface area (Å²) in [5.74, 6) is 1.27. The monoisotopic (exact) mass is 400 g/mol. The van der Waals surface area contributed by atoms with Gasteiger partial charge in [-0.15, -0.1) is 0 Å². The molecule has 2 aliphatic rings. The van der Waals surface area contributed by atoms with E-state index in [4.69, 9.17) is 4.99 Å². The number of pyridine rings is 1. The second-order valence-electron chi connectivity index (χ2n) is 8.02. The van der Waals surface area contributed by atoms with Crippen molar-refractivity contribution in [3.63, 3.8) is 0 Å². The number of amides is 1. The van der Waals surface area contributed by atoms with Crippen molar-refractivity contribution in [1.82, 2.24) is 25.0 Å². The smallest absolute Gasteiger partial charge is 0.239 e. The molecule has 3 heterocycles. The molecule has 0 saturated carbocycles. The third-order valence-electron chi connectivity index (χ3n) is 5.91. The van der Waals surface area contributed by atoms with Crippen LogP contribution in [0.1, 0.15) is 37.9 Å². The molecular weight excluding hydrogens is 364 g/mol. The molecule has 2 saturated heterocycles. The van der Waals surface area contributed by atoms with Gasteiger partial charge in [-0.1, -0.05) is 6.07 Å². The van der Waals surface area contributed by atoms with Crippen LogP contribution in [0, 0.1) is 6.92 Å². The van der Waals surface area contributed by atoms with E-state index in [1.54, 1.807) is 0 Å². The van der Waals surface area contributed by atoms with Gasteiger partial charge in [0.1, 0.15) is 0 Å². The van der Waals surface area contributed by atoms with Gasteiger partial charge < -0.3 is 15.1 Å². The number of aromatic nitrogens is 1. The quantitative estimate of drug-likeness (QED) is 0.580. The number of rotatable bonds is 6. The van der Waals surface area contributed by atoms with Gasteiger partial charge in [0.05, 0.1) is 6.04 Å². The number of nitrogens with zero attached hydrogens (tertiary/aromatic N) is 5. The van der Waals surface area contributed by atoms with Crippen LogP contribution in [-0.2, 0) is 11.2 Å². The third kappa shape index (κ3) is 5.92. The van der Waals surface area contributed by atoms with Crippen molar-refractivity contribution < 1.29 is 4.79 Å². The first kappa shape index (κ1) is 21.6. The van der Waals surface area contributed by atoms with Gasteiger partial charge in [0.2, 0.25) is 5.91 Å². The second-order valence-corrected chi connectivity index (χ2v) is 8.02. The summed E-state index contributed by atoms with van der Waals surface area (Å²) >= 11 is 0. The molecule has 0 aromatic carbocycles. The summed E-state index contributed by atoms with van der Waals surface area (Å²) < 4.78 is 0. The lowest BCUT2D eigenvalue weighted by Gasteiger charge is -2.39. The van der Waals surface area contributed by atoms with Crippen molar-refractivity contribution in [2.45, 2.75) is 46.1 Å². The number of piperazine rings is 1. The minimum atomic E-state index is -0.0242. The van der Waals surface area contributed by atoms with Crippen LogP contribution in [-0.4, -0.2) is 90.0 Å². The van der Waals surface area contributed by atoms with Crippen molar-refractivity contribution in [2.24, 2.45) is 4.99 Å². The van der Waals surface area contributed by atoms with Crippen molar-refractivity contribution in [3.8, 4) is 0 Å².